The van der Waals surface area contributed by atoms with Crippen LogP contribution >= 0.6 is 24.4 Å². The number of anilines is 1. The second-order valence-electron chi connectivity index (χ2n) is 20.9. The first kappa shape index (κ1) is 53.3. The van der Waals surface area contributed by atoms with Gasteiger partial charge in [-0.1, -0.05) is 125 Å². The van der Waals surface area contributed by atoms with Crippen LogP contribution in [0.3, 0.4) is 0 Å². The third kappa shape index (κ3) is 13.7. The van der Waals surface area contributed by atoms with Gasteiger partial charge in [0.2, 0.25) is 11.6 Å². The Hall–Kier alpha value is -4.53. The molecular weight excluding hydrogens is 899 g/mol. The van der Waals surface area contributed by atoms with Crippen molar-refractivity contribution in [1.29, 1.82) is 0 Å². The minimum atomic E-state index is -0.163. The van der Waals surface area contributed by atoms with Crippen molar-refractivity contribution >= 4 is 74.9 Å². The van der Waals surface area contributed by atoms with Crippen LogP contribution < -0.4 is 10.2 Å². The van der Waals surface area contributed by atoms with Crippen molar-refractivity contribution in [3.63, 3.8) is 0 Å². The number of allylic oxidation sites excluding steroid dienone is 8. The summed E-state index contributed by atoms with van der Waals surface area (Å²) in [6.07, 6.45) is 32.0. The van der Waals surface area contributed by atoms with Gasteiger partial charge in [0.15, 0.2) is 5.71 Å². The van der Waals surface area contributed by atoms with Crippen molar-refractivity contribution in [3.05, 3.63) is 132 Å². The molecule has 1 aliphatic carbocycles. The van der Waals surface area contributed by atoms with Gasteiger partial charge in [0, 0.05) is 72.6 Å². The number of amides is 1. The first-order chi connectivity index (χ1) is 34.0. The van der Waals surface area contributed by atoms with Crippen LogP contribution in [-0.4, -0.2) is 65.2 Å². The van der Waals surface area contributed by atoms with E-state index in [0.717, 1.165) is 81.7 Å². The van der Waals surface area contributed by atoms with Crippen molar-refractivity contribution in [1.82, 2.24) is 5.32 Å². The highest BCUT2D eigenvalue weighted by atomic mass is 32.2. The van der Waals surface area contributed by atoms with Gasteiger partial charge in [-0.25, -0.2) is 0 Å². The molecule has 1 amide bonds. The van der Waals surface area contributed by atoms with E-state index in [-0.39, 0.29) is 28.8 Å². The summed E-state index contributed by atoms with van der Waals surface area (Å²) in [5.74, 6) is 3.45. The third-order valence-corrected chi connectivity index (χ3v) is 16.5. The van der Waals surface area contributed by atoms with Gasteiger partial charge in [-0.15, -0.1) is 0 Å². The predicted octanol–water partition coefficient (Wildman–Crippen LogP) is 15.3. The van der Waals surface area contributed by atoms with Crippen molar-refractivity contribution in [3.8, 4) is 0 Å². The lowest BCUT2D eigenvalue weighted by Crippen LogP contribution is -2.28. The molecule has 3 aliphatic rings. The average Bonchev–Trinajstić information content (AvgIpc) is 3.51. The maximum Gasteiger partial charge on any atom is 0.306 e. The minimum absolute atomic E-state index is 0.0274. The Morgan fingerprint density at radius 3 is 2.13 bits per heavy atom. The number of unbranched alkanes of at least 4 members (excludes halogenated alkanes) is 4. The Morgan fingerprint density at radius 1 is 0.757 bits per heavy atom. The number of nitrogens with zero attached hydrogens (tertiary/aromatic N) is 2. The van der Waals surface area contributed by atoms with Gasteiger partial charge in [0.05, 0.1) is 5.41 Å². The largest absolute Gasteiger partial charge is 0.462 e. The van der Waals surface area contributed by atoms with Gasteiger partial charge in [-0.05, 0) is 140 Å². The van der Waals surface area contributed by atoms with E-state index < -0.39 is 0 Å². The van der Waals surface area contributed by atoms with Crippen LogP contribution in [0.2, 0.25) is 0 Å². The molecule has 7 rings (SSSR count). The zero-order chi connectivity index (χ0) is 49.4. The molecule has 1 N–H and O–H groups in total. The summed E-state index contributed by atoms with van der Waals surface area (Å²) in [6.45, 7) is 14.1. The minimum Gasteiger partial charge on any atom is -0.462 e. The zero-order valence-electron chi connectivity index (χ0n) is 43.2. The van der Waals surface area contributed by atoms with Crippen molar-refractivity contribution in [2.24, 2.45) is 5.92 Å². The van der Waals surface area contributed by atoms with Crippen molar-refractivity contribution in [2.45, 2.75) is 154 Å². The van der Waals surface area contributed by atoms with Crippen LogP contribution in [0.1, 0.15) is 148 Å². The summed E-state index contributed by atoms with van der Waals surface area (Å²) < 4.78 is 8.47. The highest BCUT2D eigenvalue weighted by Crippen LogP contribution is 2.49. The van der Waals surface area contributed by atoms with Crippen LogP contribution in [0.15, 0.2) is 121 Å². The molecule has 0 saturated heterocycles. The van der Waals surface area contributed by atoms with Crippen LogP contribution in [0, 0.1) is 5.92 Å². The number of benzene rings is 4. The van der Waals surface area contributed by atoms with Gasteiger partial charge < -0.3 is 15.0 Å². The van der Waals surface area contributed by atoms with Crippen LogP contribution in [0.25, 0.3) is 21.5 Å². The molecule has 2 aliphatic heterocycles. The summed E-state index contributed by atoms with van der Waals surface area (Å²) in [4.78, 5) is 27.9. The number of carbonyl (C=O) groups is 2. The quantitative estimate of drug-likeness (QED) is 0.0173. The maximum atomic E-state index is 12.8. The molecule has 4 aromatic rings. The lowest BCUT2D eigenvalue weighted by Gasteiger charge is -2.27. The fourth-order valence-corrected chi connectivity index (χ4v) is 12.2. The van der Waals surface area contributed by atoms with Crippen LogP contribution in [-0.2, 0) is 25.2 Å². The Kier molecular flexibility index (Phi) is 20.0. The topological polar surface area (TPSA) is 61.6 Å². The fourth-order valence-electron chi connectivity index (χ4n) is 11.1. The summed E-state index contributed by atoms with van der Waals surface area (Å²) in [7, 11) is 0. The van der Waals surface area contributed by atoms with E-state index >= 15 is 0 Å². The molecule has 2 heterocycles. The number of thioether (sulfide) groups is 1. The fraction of sp³-hybridized carbons (Fsp3) is 0.500. The van der Waals surface area contributed by atoms with E-state index in [0.29, 0.717) is 25.3 Å². The Labute approximate surface area is 431 Å². The average molecular weight is 981 g/mol. The summed E-state index contributed by atoms with van der Waals surface area (Å²) in [6, 6.07) is 26.9. The van der Waals surface area contributed by atoms with Crippen LogP contribution in [0.5, 0.6) is 0 Å². The summed E-state index contributed by atoms with van der Waals surface area (Å²) in [5, 5.41) is 8.24. The molecular formula is C62H82N3O3S2+. The first-order valence-electron chi connectivity index (χ1n) is 26.9. The summed E-state index contributed by atoms with van der Waals surface area (Å²) >= 11 is 6.36. The standard InChI is InChI=1S/C62H81N3O3S2/c1-6-56(47-27-13-10-11-14-28-47)68-60(67)36-22-26-41-70-42-37-63-59(66)35-17-12-23-38-64-54-45-50-31-20-18-29-48(50)43-52(54)61(2,3)57(64)33-15-8-7-9-16-34-58-62(4,5)53-44-49-30-19-21-32-51(49)46-55(53)65(58)39-24-25-40-69/h7-9,15-16,18-21,29-34,43-47,56H,6,10-14,17,22-28,35-42H2,1-5H3,(H-,63,66,69)/p+1. The Morgan fingerprint density at radius 2 is 1.41 bits per heavy atom. The highest BCUT2D eigenvalue weighted by molar-refractivity contribution is 7.99. The first-order valence-corrected chi connectivity index (χ1v) is 28.7. The smallest absolute Gasteiger partial charge is 0.306 e. The van der Waals surface area contributed by atoms with Crippen molar-refractivity contribution in [2.75, 3.05) is 41.8 Å². The van der Waals surface area contributed by atoms with Crippen LogP contribution in [0.4, 0.5) is 11.4 Å². The van der Waals surface area contributed by atoms with Gasteiger partial charge in [-0.3, -0.25) is 9.59 Å². The van der Waals surface area contributed by atoms with Gasteiger partial charge in [0.25, 0.3) is 0 Å². The monoisotopic (exact) mass is 981 g/mol. The molecule has 0 bridgehead atoms. The lowest BCUT2D eigenvalue weighted by molar-refractivity contribution is -0.438. The van der Waals surface area contributed by atoms with E-state index in [1.165, 1.54) is 94.0 Å². The number of rotatable bonds is 25. The number of nitrogens with one attached hydrogen (secondary N) is 1. The molecule has 1 saturated carbocycles. The number of hydrogen-bond acceptors (Lipinski definition) is 6. The number of carbonyl (C=O) groups excluding carboxylic acids is 2. The number of fused-ring (bicyclic) bond motifs is 4. The molecule has 0 aromatic heterocycles. The molecule has 6 nitrogen and oxygen atoms in total. The van der Waals surface area contributed by atoms with E-state index in [4.69, 9.17) is 4.74 Å². The molecule has 8 heteroatoms. The zero-order valence-corrected chi connectivity index (χ0v) is 44.9. The lowest BCUT2D eigenvalue weighted by atomic mass is 9.80. The number of ether oxygens (including phenoxy) is 1. The second-order valence-corrected chi connectivity index (χ2v) is 22.6. The van der Waals surface area contributed by atoms with E-state index in [1.54, 1.807) is 0 Å². The normalized spacial score (nSPS) is 17.9. The molecule has 1 atom stereocenters. The van der Waals surface area contributed by atoms with E-state index in [9.17, 15) is 9.59 Å². The molecule has 1 unspecified atom stereocenters. The van der Waals surface area contributed by atoms with E-state index in [2.05, 4.69) is 177 Å². The number of thiol groups is 1. The molecule has 1 fully saturated rings. The number of esters is 1. The molecule has 4 aromatic carbocycles. The van der Waals surface area contributed by atoms with E-state index in [1.807, 2.05) is 11.8 Å². The maximum absolute atomic E-state index is 12.8. The third-order valence-electron chi connectivity index (χ3n) is 15.1. The Balaban J connectivity index is 0.888. The molecule has 374 valence electrons. The van der Waals surface area contributed by atoms with Gasteiger partial charge in [0.1, 0.15) is 12.6 Å². The SMILES string of the molecule is CCC(OC(=O)CCCCSCCNC(=O)CCCCC[N+]1=C(C=CC=CC=CC=C2N(CCCCS)c3cc4ccccc4cc3C2(C)C)C(C)(C)c2cc3ccccc3cc21)C1CCCCCC1. The summed E-state index contributed by atoms with van der Waals surface area (Å²) in [5.41, 5.74) is 7.72. The molecule has 70 heavy (non-hydrogen) atoms. The number of hydrogen-bond donors (Lipinski definition) is 2. The second kappa shape index (κ2) is 26.2. The molecule has 0 radical (unpaired) electrons. The van der Waals surface area contributed by atoms with Gasteiger partial charge >= 0.3 is 5.97 Å². The Bertz CT molecular complexity index is 2540. The molecule has 0 spiro atoms. The highest BCUT2D eigenvalue weighted by Gasteiger charge is 2.44. The van der Waals surface area contributed by atoms with Gasteiger partial charge in [-0.2, -0.15) is 29.0 Å². The van der Waals surface area contributed by atoms with Crippen molar-refractivity contribution < 1.29 is 18.9 Å². The predicted molar refractivity (Wildman–Crippen MR) is 304 cm³/mol.